The third kappa shape index (κ3) is 1.82. The maximum absolute atomic E-state index is 11.8. The highest BCUT2D eigenvalue weighted by Crippen LogP contribution is 2.27. The molecule has 1 N–H and O–H groups in total. The Bertz CT molecular complexity index is 400. The molecule has 1 aliphatic rings. The average Bonchev–Trinajstić information content (AvgIpc) is 2.81. The molecule has 1 atom stereocenters. The fourth-order valence-corrected chi connectivity index (χ4v) is 2.14. The Balaban J connectivity index is 2.27. The SMILES string of the molecule is CCc1nn(C)cc1N1CC(CO)CC1=O. The van der Waals surface area contributed by atoms with Gasteiger partial charge in [-0.3, -0.25) is 9.48 Å². The van der Waals surface area contributed by atoms with E-state index in [-0.39, 0.29) is 18.4 Å². The van der Waals surface area contributed by atoms with Gasteiger partial charge in [-0.05, 0) is 6.42 Å². The molecule has 16 heavy (non-hydrogen) atoms. The minimum Gasteiger partial charge on any atom is -0.396 e. The molecule has 88 valence electrons. The van der Waals surface area contributed by atoms with E-state index < -0.39 is 0 Å². The smallest absolute Gasteiger partial charge is 0.227 e. The predicted molar refractivity (Wildman–Crippen MR) is 60.1 cm³/mol. The van der Waals surface area contributed by atoms with Crippen molar-refractivity contribution in [3.05, 3.63) is 11.9 Å². The molecule has 0 aromatic carbocycles. The largest absolute Gasteiger partial charge is 0.396 e. The van der Waals surface area contributed by atoms with Crippen molar-refractivity contribution in [1.29, 1.82) is 0 Å². The molecule has 0 aliphatic carbocycles. The highest BCUT2D eigenvalue weighted by Gasteiger charge is 2.32. The molecule has 1 aromatic rings. The van der Waals surface area contributed by atoms with Crippen molar-refractivity contribution in [2.45, 2.75) is 19.8 Å². The number of hydrogen-bond donors (Lipinski definition) is 1. The van der Waals surface area contributed by atoms with Crippen LogP contribution in [-0.4, -0.2) is 33.9 Å². The lowest BCUT2D eigenvalue weighted by molar-refractivity contribution is -0.117. The molecule has 1 fully saturated rings. The van der Waals surface area contributed by atoms with Gasteiger partial charge in [0.05, 0.1) is 11.4 Å². The van der Waals surface area contributed by atoms with Crippen molar-refractivity contribution >= 4 is 11.6 Å². The summed E-state index contributed by atoms with van der Waals surface area (Å²) in [4.78, 5) is 13.5. The summed E-state index contributed by atoms with van der Waals surface area (Å²) >= 11 is 0. The second-order valence-corrected chi connectivity index (χ2v) is 4.25. The van der Waals surface area contributed by atoms with E-state index in [4.69, 9.17) is 5.11 Å². The van der Waals surface area contributed by atoms with Gasteiger partial charge in [-0.15, -0.1) is 0 Å². The van der Waals surface area contributed by atoms with Crippen LogP contribution < -0.4 is 4.90 Å². The minimum atomic E-state index is 0.0670. The Kier molecular flexibility index (Phi) is 2.96. The minimum absolute atomic E-state index is 0.0670. The first-order valence-electron chi connectivity index (χ1n) is 5.59. The molecule has 0 saturated carbocycles. The Morgan fingerprint density at radius 2 is 2.38 bits per heavy atom. The number of aliphatic hydroxyl groups is 1. The van der Waals surface area contributed by atoms with E-state index in [2.05, 4.69) is 5.10 Å². The normalized spacial score (nSPS) is 20.8. The zero-order valence-corrected chi connectivity index (χ0v) is 9.68. The third-order valence-corrected chi connectivity index (χ3v) is 2.97. The Morgan fingerprint density at radius 3 is 2.94 bits per heavy atom. The number of rotatable bonds is 3. The van der Waals surface area contributed by atoms with Gasteiger partial charge in [-0.1, -0.05) is 6.92 Å². The molecule has 0 spiro atoms. The number of nitrogens with zero attached hydrogens (tertiary/aromatic N) is 3. The second kappa shape index (κ2) is 4.25. The van der Waals surface area contributed by atoms with Gasteiger partial charge < -0.3 is 10.0 Å². The van der Waals surface area contributed by atoms with Crippen LogP contribution in [0.2, 0.25) is 0 Å². The zero-order chi connectivity index (χ0) is 11.7. The number of carbonyl (C=O) groups is 1. The van der Waals surface area contributed by atoms with E-state index in [0.29, 0.717) is 13.0 Å². The van der Waals surface area contributed by atoms with Crippen molar-refractivity contribution < 1.29 is 9.90 Å². The molecule has 1 amide bonds. The van der Waals surface area contributed by atoms with Crippen LogP contribution in [0.25, 0.3) is 0 Å². The lowest BCUT2D eigenvalue weighted by atomic mass is 10.1. The maximum atomic E-state index is 11.8. The lowest BCUT2D eigenvalue weighted by Crippen LogP contribution is -2.25. The van der Waals surface area contributed by atoms with Crippen LogP contribution in [0.15, 0.2) is 6.20 Å². The summed E-state index contributed by atoms with van der Waals surface area (Å²) in [6, 6.07) is 0. The van der Waals surface area contributed by atoms with Gasteiger partial charge in [-0.25, -0.2) is 0 Å². The van der Waals surface area contributed by atoms with E-state index in [1.165, 1.54) is 0 Å². The fourth-order valence-electron chi connectivity index (χ4n) is 2.14. The molecular formula is C11H17N3O2. The van der Waals surface area contributed by atoms with Gasteiger partial charge in [-0.2, -0.15) is 5.10 Å². The first-order valence-corrected chi connectivity index (χ1v) is 5.59. The van der Waals surface area contributed by atoms with Crippen LogP contribution in [0.4, 0.5) is 5.69 Å². The van der Waals surface area contributed by atoms with Gasteiger partial charge >= 0.3 is 0 Å². The second-order valence-electron chi connectivity index (χ2n) is 4.25. The monoisotopic (exact) mass is 223 g/mol. The van der Waals surface area contributed by atoms with Gasteiger partial charge in [0.2, 0.25) is 5.91 Å². The molecule has 0 radical (unpaired) electrons. The lowest BCUT2D eigenvalue weighted by Gasteiger charge is -2.15. The zero-order valence-electron chi connectivity index (χ0n) is 9.68. The highest BCUT2D eigenvalue weighted by atomic mass is 16.3. The highest BCUT2D eigenvalue weighted by molar-refractivity contribution is 5.96. The molecule has 2 rings (SSSR count). The summed E-state index contributed by atoms with van der Waals surface area (Å²) in [5.41, 5.74) is 1.83. The Labute approximate surface area is 94.7 Å². The number of carbonyl (C=O) groups excluding carboxylic acids is 1. The summed E-state index contributed by atoms with van der Waals surface area (Å²) in [5, 5.41) is 13.4. The van der Waals surface area contributed by atoms with E-state index >= 15 is 0 Å². The molecule has 1 aliphatic heterocycles. The predicted octanol–water partition coefficient (Wildman–Crippen LogP) is 0.328. The van der Waals surface area contributed by atoms with Gasteiger partial charge in [0, 0.05) is 38.7 Å². The van der Waals surface area contributed by atoms with Crippen LogP contribution >= 0.6 is 0 Å². The van der Waals surface area contributed by atoms with Crippen molar-refractivity contribution in [3.8, 4) is 0 Å². The molecule has 2 heterocycles. The Hall–Kier alpha value is -1.36. The maximum Gasteiger partial charge on any atom is 0.227 e. The molecule has 1 saturated heterocycles. The van der Waals surface area contributed by atoms with Crippen molar-refractivity contribution in [1.82, 2.24) is 9.78 Å². The molecule has 0 bridgehead atoms. The number of hydrogen-bond acceptors (Lipinski definition) is 3. The summed E-state index contributed by atoms with van der Waals surface area (Å²) in [6.07, 6.45) is 3.12. The number of anilines is 1. The van der Waals surface area contributed by atoms with E-state index in [1.54, 1.807) is 9.58 Å². The average molecular weight is 223 g/mol. The van der Waals surface area contributed by atoms with Crippen LogP contribution in [0.3, 0.4) is 0 Å². The van der Waals surface area contributed by atoms with Crippen LogP contribution in [0.1, 0.15) is 19.0 Å². The first-order chi connectivity index (χ1) is 7.65. The summed E-state index contributed by atoms with van der Waals surface area (Å²) in [7, 11) is 1.85. The summed E-state index contributed by atoms with van der Waals surface area (Å²) in [5.74, 6) is 0.152. The Morgan fingerprint density at radius 1 is 1.62 bits per heavy atom. The molecule has 5 heteroatoms. The van der Waals surface area contributed by atoms with Gasteiger partial charge in [0.25, 0.3) is 0 Å². The van der Waals surface area contributed by atoms with Crippen LogP contribution in [0.5, 0.6) is 0 Å². The number of aliphatic hydroxyl groups excluding tert-OH is 1. The van der Waals surface area contributed by atoms with Crippen molar-refractivity contribution in [2.75, 3.05) is 18.1 Å². The van der Waals surface area contributed by atoms with Crippen molar-refractivity contribution in [2.24, 2.45) is 13.0 Å². The molecule has 1 unspecified atom stereocenters. The van der Waals surface area contributed by atoms with Crippen LogP contribution in [-0.2, 0) is 18.3 Å². The number of aromatic nitrogens is 2. The third-order valence-electron chi connectivity index (χ3n) is 2.97. The van der Waals surface area contributed by atoms with Gasteiger partial charge in [0.1, 0.15) is 0 Å². The topological polar surface area (TPSA) is 58.4 Å². The molecule has 1 aromatic heterocycles. The van der Waals surface area contributed by atoms with E-state index in [9.17, 15) is 4.79 Å². The molecule has 5 nitrogen and oxygen atoms in total. The van der Waals surface area contributed by atoms with Gasteiger partial charge in [0.15, 0.2) is 0 Å². The quantitative estimate of drug-likeness (QED) is 0.803. The molecular weight excluding hydrogens is 206 g/mol. The van der Waals surface area contributed by atoms with Crippen LogP contribution in [0, 0.1) is 5.92 Å². The first kappa shape index (κ1) is 11.1. The van der Waals surface area contributed by atoms with E-state index in [0.717, 1.165) is 17.8 Å². The number of aryl methyl sites for hydroxylation is 2. The standard InChI is InChI=1S/C11H17N3O2/c1-3-9-10(6-13(2)12-9)14-5-8(7-15)4-11(14)16/h6,8,15H,3-5,7H2,1-2H3. The summed E-state index contributed by atoms with van der Waals surface area (Å²) < 4.78 is 1.73. The number of amides is 1. The fraction of sp³-hybridized carbons (Fsp3) is 0.636. The van der Waals surface area contributed by atoms with E-state index in [1.807, 2.05) is 20.2 Å². The van der Waals surface area contributed by atoms with Crippen molar-refractivity contribution in [3.63, 3.8) is 0 Å². The summed E-state index contributed by atoms with van der Waals surface area (Å²) in [6.45, 7) is 2.70.